The molecule has 4 heteroatoms. The Morgan fingerprint density at radius 3 is 2.35 bits per heavy atom. The van der Waals surface area contributed by atoms with Crippen LogP contribution in [0, 0.1) is 0 Å². The number of rotatable bonds is 5. The normalized spacial score (nSPS) is 18.1. The maximum Gasteiger partial charge on any atom is 0.123 e. The van der Waals surface area contributed by atoms with Gasteiger partial charge in [0.05, 0.1) is 20.3 Å². The smallest absolute Gasteiger partial charge is 0.123 e. The van der Waals surface area contributed by atoms with E-state index in [1.165, 1.54) is 12.8 Å². The number of nitrogens with two attached hydrogens (primary N) is 1. The van der Waals surface area contributed by atoms with Crippen LogP contribution in [0.5, 0.6) is 11.5 Å². The van der Waals surface area contributed by atoms with Crippen molar-refractivity contribution in [1.29, 1.82) is 0 Å². The first-order valence-electron chi connectivity index (χ1n) is 7.23. The summed E-state index contributed by atoms with van der Waals surface area (Å²) in [5.41, 5.74) is 7.48. The van der Waals surface area contributed by atoms with Crippen molar-refractivity contribution >= 4 is 0 Å². The molecule has 1 saturated heterocycles. The number of benzene rings is 1. The summed E-state index contributed by atoms with van der Waals surface area (Å²) in [7, 11) is 3.35. The topological polar surface area (TPSA) is 47.7 Å². The van der Waals surface area contributed by atoms with Gasteiger partial charge in [0.1, 0.15) is 11.5 Å². The zero-order chi connectivity index (χ0) is 14.8. The van der Waals surface area contributed by atoms with E-state index in [1.807, 2.05) is 18.2 Å². The van der Waals surface area contributed by atoms with E-state index in [9.17, 15) is 0 Å². The van der Waals surface area contributed by atoms with Crippen LogP contribution in [-0.4, -0.2) is 37.7 Å². The number of nitrogens with zero attached hydrogens (tertiary/aromatic N) is 1. The van der Waals surface area contributed by atoms with Gasteiger partial charge in [0.25, 0.3) is 0 Å². The number of methoxy groups -OCH3 is 2. The third-order valence-corrected chi connectivity index (χ3v) is 4.45. The lowest BCUT2D eigenvalue weighted by molar-refractivity contribution is 0.122. The van der Waals surface area contributed by atoms with Crippen LogP contribution in [-0.2, 0) is 0 Å². The van der Waals surface area contributed by atoms with Crippen LogP contribution in [0.2, 0.25) is 0 Å². The van der Waals surface area contributed by atoms with Crippen molar-refractivity contribution in [2.24, 2.45) is 5.73 Å². The highest BCUT2D eigenvalue weighted by molar-refractivity contribution is 5.43. The molecule has 0 spiro atoms. The van der Waals surface area contributed by atoms with Gasteiger partial charge in [-0.05, 0) is 58.0 Å². The predicted octanol–water partition coefficient (Wildman–Crippen LogP) is 2.58. The molecule has 1 fully saturated rings. The molecule has 1 unspecified atom stereocenters. The molecule has 1 aromatic rings. The Morgan fingerprint density at radius 1 is 1.15 bits per heavy atom. The molecule has 2 rings (SSSR count). The monoisotopic (exact) mass is 278 g/mol. The van der Waals surface area contributed by atoms with Crippen molar-refractivity contribution in [3.63, 3.8) is 0 Å². The second kappa shape index (κ2) is 6.02. The summed E-state index contributed by atoms with van der Waals surface area (Å²) >= 11 is 0. The fraction of sp³-hybridized carbons (Fsp3) is 0.625. The van der Waals surface area contributed by atoms with Gasteiger partial charge < -0.3 is 15.2 Å². The summed E-state index contributed by atoms with van der Waals surface area (Å²) in [5, 5.41) is 0. The minimum absolute atomic E-state index is 0.101. The van der Waals surface area contributed by atoms with Crippen molar-refractivity contribution in [1.82, 2.24) is 4.90 Å². The molecule has 1 aromatic carbocycles. The highest BCUT2D eigenvalue weighted by atomic mass is 16.5. The highest BCUT2D eigenvalue weighted by Crippen LogP contribution is 2.37. The van der Waals surface area contributed by atoms with Gasteiger partial charge in [0.2, 0.25) is 0 Å². The van der Waals surface area contributed by atoms with E-state index in [0.717, 1.165) is 30.2 Å². The van der Waals surface area contributed by atoms with Crippen molar-refractivity contribution in [3.8, 4) is 11.5 Å². The van der Waals surface area contributed by atoms with Gasteiger partial charge in [0, 0.05) is 11.1 Å². The molecule has 1 aliphatic heterocycles. The largest absolute Gasteiger partial charge is 0.497 e. The molecular weight excluding hydrogens is 252 g/mol. The standard InChI is InChI=1S/C16H26N2O2/c1-16(2,18-9-5-6-10-18)15(17)13-11-12(19-3)7-8-14(13)20-4/h7-8,11,15H,5-6,9-10,17H2,1-4H3. The molecule has 4 nitrogen and oxygen atoms in total. The number of hydrogen-bond donors (Lipinski definition) is 1. The second-order valence-electron chi connectivity index (χ2n) is 5.93. The van der Waals surface area contributed by atoms with Crippen LogP contribution in [0.15, 0.2) is 18.2 Å². The molecule has 0 bridgehead atoms. The van der Waals surface area contributed by atoms with Gasteiger partial charge in [-0.2, -0.15) is 0 Å². The van der Waals surface area contributed by atoms with E-state index >= 15 is 0 Å². The number of ether oxygens (including phenoxy) is 2. The SMILES string of the molecule is COc1ccc(OC)c(C(N)C(C)(C)N2CCCC2)c1. The van der Waals surface area contributed by atoms with Gasteiger partial charge >= 0.3 is 0 Å². The van der Waals surface area contributed by atoms with Crippen molar-refractivity contribution in [2.75, 3.05) is 27.3 Å². The lowest BCUT2D eigenvalue weighted by atomic mass is 9.87. The van der Waals surface area contributed by atoms with Gasteiger partial charge in [-0.15, -0.1) is 0 Å². The third kappa shape index (κ3) is 2.76. The van der Waals surface area contributed by atoms with Crippen LogP contribution in [0.4, 0.5) is 0 Å². The quantitative estimate of drug-likeness (QED) is 0.899. The van der Waals surface area contributed by atoms with Crippen LogP contribution >= 0.6 is 0 Å². The Labute approximate surface area is 121 Å². The minimum atomic E-state index is -0.120. The summed E-state index contributed by atoms with van der Waals surface area (Å²) < 4.78 is 10.8. The maximum absolute atomic E-state index is 6.58. The van der Waals surface area contributed by atoms with Gasteiger partial charge in [-0.1, -0.05) is 0 Å². The Hall–Kier alpha value is -1.26. The first-order valence-corrected chi connectivity index (χ1v) is 7.23. The average Bonchev–Trinajstić information content (AvgIpc) is 3.00. The summed E-state index contributed by atoms with van der Waals surface area (Å²) in [4.78, 5) is 2.47. The first-order chi connectivity index (χ1) is 9.50. The number of hydrogen-bond acceptors (Lipinski definition) is 4. The summed E-state index contributed by atoms with van der Waals surface area (Å²) in [6.07, 6.45) is 2.51. The lowest BCUT2D eigenvalue weighted by Crippen LogP contribution is -2.50. The van der Waals surface area contributed by atoms with Crippen molar-refractivity contribution in [3.05, 3.63) is 23.8 Å². The molecule has 0 aromatic heterocycles. The predicted molar refractivity (Wildman–Crippen MR) is 81.4 cm³/mol. The molecule has 0 amide bonds. The molecule has 0 aliphatic carbocycles. The lowest BCUT2D eigenvalue weighted by Gasteiger charge is -2.41. The van der Waals surface area contributed by atoms with Gasteiger partial charge in [-0.3, -0.25) is 4.90 Å². The number of likely N-dealkylation sites (tertiary alicyclic amines) is 1. The zero-order valence-corrected chi connectivity index (χ0v) is 13.0. The molecule has 1 aliphatic rings. The van der Waals surface area contributed by atoms with Gasteiger partial charge in [0.15, 0.2) is 0 Å². The fourth-order valence-corrected chi connectivity index (χ4v) is 2.95. The van der Waals surface area contributed by atoms with E-state index < -0.39 is 0 Å². The molecule has 2 N–H and O–H groups in total. The summed E-state index contributed by atoms with van der Waals surface area (Å²) in [5.74, 6) is 1.64. The van der Waals surface area contributed by atoms with Crippen LogP contribution in [0.3, 0.4) is 0 Å². The molecule has 20 heavy (non-hydrogen) atoms. The Balaban J connectivity index is 2.33. The van der Waals surface area contributed by atoms with E-state index in [4.69, 9.17) is 15.2 Å². The van der Waals surface area contributed by atoms with E-state index in [-0.39, 0.29) is 11.6 Å². The Bertz CT molecular complexity index is 454. The molecule has 1 heterocycles. The Morgan fingerprint density at radius 2 is 1.80 bits per heavy atom. The third-order valence-electron chi connectivity index (χ3n) is 4.45. The van der Waals surface area contributed by atoms with Crippen molar-refractivity contribution in [2.45, 2.75) is 38.3 Å². The first kappa shape index (κ1) is 15.1. The highest BCUT2D eigenvalue weighted by Gasteiger charge is 2.36. The maximum atomic E-state index is 6.58. The Kier molecular flexibility index (Phi) is 4.55. The fourth-order valence-electron chi connectivity index (χ4n) is 2.95. The molecule has 0 radical (unpaired) electrons. The molecule has 1 atom stereocenters. The second-order valence-corrected chi connectivity index (χ2v) is 5.93. The van der Waals surface area contributed by atoms with E-state index in [2.05, 4.69) is 18.7 Å². The van der Waals surface area contributed by atoms with Crippen LogP contribution in [0.25, 0.3) is 0 Å². The van der Waals surface area contributed by atoms with E-state index in [0.29, 0.717) is 0 Å². The molecular formula is C16H26N2O2. The summed E-state index contributed by atoms with van der Waals surface area (Å²) in [6, 6.07) is 5.69. The summed E-state index contributed by atoms with van der Waals surface area (Å²) in [6.45, 7) is 6.66. The van der Waals surface area contributed by atoms with E-state index in [1.54, 1.807) is 14.2 Å². The minimum Gasteiger partial charge on any atom is -0.497 e. The van der Waals surface area contributed by atoms with Crippen LogP contribution in [0.1, 0.15) is 38.3 Å². The average molecular weight is 278 g/mol. The van der Waals surface area contributed by atoms with Crippen molar-refractivity contribution < 1.29 is 9.47 Å². The zero-order valence-electron chi connectivity index (χ0n) is 13.0. The van der Waals surface area contributed by atoms with Crippen LogP contribution < -0.4 is 15.2 Å². The molecule has 112 valence electrons. The van der Waals surface area contributed by atoms with Gasteiger partial charge in [-0.25, -0.2) is 0 Å². The molecule has 0 saturated carbocycles.